The highest BCUT2D eigenvalue weighted by molar-refractivity contribution is 6.79. The van der Waals surface area contributed by atoms with Gasteiger partial charge < -0.3 is 4.12 Å². The van der Waals surface area contributed by atoms with Gasteiger partial charge in [-0.1, -0.05) is 20.8 Å². The van der Waals surface area contributed by atoms with Gasteiger partial charge in [-0.25, -0.2) is 0 Å². The largest absolute Gasteiger partial charge is 0.455 e. The Morgan fingerprint density at radius 3 is 1.45 bits per heavy atom. The summed E-state index contributed by atoms with van der Waals surface area (Å²) in [5.41, 5.74) is 0. The zero-order valence-electron chi connectivity index (χ0n) is 8.53. The molecule has 1 nitrogen and oxygen atoms in total. The van der Waals surface area contributed by atoms with Gasteiger partial charge in [0.1, 0.15) is 0 Å². The maximum absolute atomic E-state index is 6.13. The molecule has 0 aromatic rings. The molecule has 0 spiro atoms. The van der Waals surface area contributed by atoms with E-state index in [0.717, 1.165) is 0 Å². The van der Waals surface area contributed by atoms with E-state index >= 15 is 0 Å². The van der Waals surface area contributed by atoms with Crippen molar-refractivity contribution in [3.8, 4) is 0 Å². The quantitative estimate of drug-likeness (QED) is 0.603. The van der Waals surface area contributed by atoms with E-state index in [1.165, 1.54) is 18.1 Å². The molecule has 11 heavy (non-hydrogen) atoms. The van der Waals surface area contributed by atoms with Gasteiger partial charge in [0.2, 0.25) is 0 Å². The first-order valence-corrected chi connectivity index (χ1v) is 9.53. The first-order valence-electron chi connectivity index (χ1n) is 4.59. The van der Waals surface area contributed by atoms with Gasteiger partial charge >= 0.3 is 0 Å². The van der Waals surface area contributed by atoms with Gasteiger partial charge in [-0.3, -0.25) is 0 Å². The average molecular weight is 189 g/mol. The van der Waals surface area contributed by atoms with E-state index in [0.29, 0.717) is 0 Å². The molecule has 0 atom stereocenters. The summed E-state index contributed by atoms with van der Waals surface area (Å²) in [6.07, 6.45) is 0. The lowest BCUT2D eigenvalue weighted by molar-refractivity contribution is 0.554. The monoisotopic (exact) mass is 189 g/mol. The van der Waals surface area contributed by atoms with Gasteiger partial charge in [0.25, 0.3) is 0 Å². The second-order valence-electron chi connectivity index (χ2n) is 3.25. The zero-order valence-corrected chi connectivity index (χ0v) is 10.5. The lowest BCUT2D eigenvalue weighted by Gasteiger charge is -2.30. The summed E-state index contributed by atoms with van der Waals surface area (Å²) < 4.78 is 6.13. The van der Waals surface area contributed by atoms with Gasteiger partial charge in [0.15, 0.2) is 17.4 Å². The third-order valence-corrected chi connectivity index (χ3v) is 9.58. The Kier molecular flexibility index (Phi) is 5.30. The highest BCUT2D eigenvalue weighted by atomic mass is 28.4. The van der Waals surface area contributed by atoms with Crippen LogP contribution < -0.4 is 0 Å². The fraction of sp³-hybridized carbons (Fsp3) is 1.00. The van der Waals surface area contributed by atoms with Crippen LogP contribution in [0.3, 0.4) is 0 Å². The highest BCUT2D eigenvalue weighted by Crippen LogP contribution is 2.22. The number of rotatable bonds is 5. The molecule has 0 aliphatic rings. The third-order valence-electron chi connectivity index (χ3n) is 2.35. The Bertz CT molecular complexity index is 92.0. The van der Waals surface area contributed by atoms with Crippen molar-refractivity contribution < 1.29 is 4.12 Å². The maximum Gasteiger partial charge on any atom is 0.191 e. The van der Waals surface area contributed by atoms with Crippen LogP contribution >= 0.6 is 0 Å². The summed E-state index contributed by atoms with van der Waals surface area (Å²) in [6, 6.07) is 3.86. The third kappa shape index (κ3) is 3.53. The van der Waals surface area contributed by atoms with Crippen LogP contribution in [-0.2, 0) is 4.12 Å². The van der Waals surface area contributed by atoms with E-state index in [-0.39, 0.29) is 0 Å². The molecule has 0 N–H and O–H groups in total. The molecule has 0 unspecified atom stereocenters. The van der Waals surface area contributed by atoms with Crippen LogP contribution in [0.2, 0.25) is 31.2 Å². The maximum atomic E-state index is 6.13. The van der Waals surface area contributed by atoms with E-state index in [4.69, 9.17) is 4.12 Å². The Morgan fingerprint density at radius 1 is 1.00 bits per heavy atom. The van der Waals surface area contributed by atoms with Crippen LogP contribution in [0.15, 0.2) is 0 Å². The van der Waals surface area contributed by atoms with Gasteiger partial charge in [-0.2, -0.15) is 0 Å². The minimum atomic E-state index is -1.24. The molecule has 0 aromatic carbocycles. The number of hydrogen-bond donors (Lipinski definition) is 0. The zero-order chi connectivity index (χ0) is 8.91. The Morgan fingerprint density at radius 2 is 1.36 bits per heavy atom. The van der Waals surface area contributed by atoms with Crippen molar-refractivity contribution in [2.75, 3.05) is 0 Å². The molecule has 0 aliphatic heterocycles. The average Bonchev–Trinajstić information content (AvgIpc) is 2.00. The summed E-state index contributed by atoms with van der Waals surface area (Å²) in [4.78, 5) is 0. The van der Waals surface area contributed by atoms with E-state index in [2.05, 4.69) is 33.9 Å². The first-order chi connectivity index (χ1) is 5.10. The van der Waals surface area contributed by atoms with E-state index in [9.17, 15) is 0 Å². The molecule has 0 fully saturated rings. The standard InChI is InChI=1S/C8H21OSi2/c1-6-11(7-2,8-3)9-10(4)5/h6-8H2,1-5H3. The molecular weight excluding hydrogens is 168 g/mol. The van der Waals surface area contributed by atoms with Crippen LogP contribution in [0.25, 0.3) is 0 Å². The lowest BCUT2D eigenvalue weighted by Crippen LogP contribution is -2.39. The molecule has 0 rings (SSSR count). The Hall–Kier alpha value is 0.394. The van der Waals surface area contributed by atoms with Crippen molar-refractivity contribution in [2.24, 2.45) is 0 Å². The van der Waals surface area contributed by atoms with Crippen LogP contribution in [-0.4, -0.2) is 17.4 Å². The summed E-state index contributed by atoms with van der Waals surface area (Å²) in [5, 5.41) is 0. The molecule has 0 amide bonds. The minimum absolute atomic E-state index is 0.465. The van der Waals surface area contributed by atoms with Crippen molar-refractivity contribution in [1.82, 2.24) is 0 Å². The summed E-state index contributed by atoms with van der Waals surface area (Å²) in [7, 11) is -1.70. The van der Waals surface area contributed by atoms with Crippen LogP contribution in [0.4, 0.5) is 0 Å². The Labute approximate surface area is 74.0 Å². The van der Waals surface area contributed by atoms with Crippen LogP contribution in [0.1, 0.15) is 20.8 Å². The van der Waals surface area contributed by atoms with Crippen LogP contribution in [0.5, 0.6) is 0 Å². The first kappa shape index (κ1) is 11.4. The van der Waals surface area contributed by atoms with E-state index in [1.807, 2.05) is 0 Å². The second kappa shape index (κ2) is 5.11. The summed E-state index contributed by atoms with van der Waals surface area (Å²) in [6.45, 7) is 11.3. The number of hydrogen-bond acceptors (Lipinski definition) is 1. The Balaban J connectivity index is 4.05. The van der Waals surface area contributed by atoms with Crippen LogP contribution in [0, 0.1) is 0 Å². The highest BCUT2D eigenvalue weighted by Gasteiger charge is 2.29. The summed E-state index contributed by atoms with van der Waals surface area (Å²) >= 11 is 0. The van der Waals surface area contributed by atoms with Crippen molar-refractivity contribution >= 4 is 17.4 Å². The van der Waals surface area contributed by atoms with Crippen molar-refractivity contribution in [3.63, 3.8) is 0 Å². The molecule has 0 aliphatic carbocycles. The van der Waals surface area contributed by atoms with Gasteiger partial charge in [-0.05, 0) is 31.2 Å². The predicted octanol–water partition coefficient (Wildman–Crippen LogP) is 3.26. The van der Waals surface area contributed by atoms with Gasteiger partial charge in [0, 0.05) is 0 Å². The molecule has 0 saturated heterocycles. The SMILES string of the molecule is CC[Si](CC)(CC)O[Si](C)C. The van der Waals surface area contributed by atoms with Crippen molar-refractivity contribution in [1.29, 1.82) is 0 Å². The lowest BCUT2D eigenvalue weighted by atomic mass is 10.9. The smallest absolute Gasteiger partial charge is 0.191 e. The molecule has 3 heteroatoms. The molecular formula is C8H21OSi2. The molecule has 0 bridgehead atoms. The van der Waals surface area contributed by atoms with E-state index in [1.54, 1.807) is 0 Å². The normalized spacial score (nSPS) is 12.5. The molecule has 1 radical (unpaired) electrons. The molecule has 0 heterocycles. The fourth-order valence-corrected chi connectivity index (χ4v) is 8.10. The summed E-state index contributed by atoms with van der Waals surface area (Å²) in [5.74, 6) is 0. The van der Waals surface area contributed by atoms with Gasteiger partial charge in [-0.15, -0.1) is 0 Å². The predicted molar refractivity (Wildman–Crippen MR) is 55.8 cm³/mol. The molecule has 0 saturated carbocycles. The van der Waals surface area contributed by atoms with Gasteiger partial charge in [0.05, 0.1) is 0 Å². The molecule has 0 aromatic heterocycles. The topological polar surface area (TPSA) is 9.23 Å². The van der Waals surface area contributed by atoms with E-state index < -0.39 is 17.4 Å². The second-order valence-corrected chi connectivity index (χ2v) is 10.4. The fourth-order valence-electron chi connectivity index (χ4n) is 1.40. The van der Waals surface area contributed by atoms with Crippen molar-refractivity contribution in [3.05, 3.63) is 0 Å². The molecule has 67 valence electrons. The minimum Gasteiger partial charge on any atom is -0.455 e. The van der Waals surface area contributed by atoms with Crippen molar-refractivity contribution in [2.45, 2.75) is 52.0 Å².